The Kier molecular flexibility index (Phi) is 6.35. The van der Waals surface area contributed by atoms with Gasteiger partial charge in [0.15, 0.2) is 11.5 Å². The fraction of sp³-hybridized carbons (Fsp3) is 0.172. The van der Waals surface area contributed by atoms with Crippen LogP contribution in [0, 0.1) is 0 Å². The van der Waals surface area contributed by atoms with Gasteiger partial charge in [0.1, 0.15) is 12.4 Å². The average Bonchev–Trinajstić information content (AvgIpc) is 3.72. The third kappa shape index (κ3) is 4.31. The molecule has 1 atom stereocenters. The second kappa shape index (κ2) is 10.1. The van der Waals surface area contributed by atoms with Crippen molar-refractivity contribution in [3.63, 3.8) is 0 Å². The molecule has 0 aliphatic carbocycles. The van der Waals surface area contributed by atoms with Gasteiger partial charge in [-0.05, 0) is 53.4 Å². The molecule has 0 saturated carbocycles. The van der Waals surface area contributed by atoms with Crippen LogP contribution in [0.25, 0.3) is 22.4 Å². The average molecular weight is 524 g/mol. The Balaban J connectivity index is 1.40. The Morgan fingerprint density at radius 1 is 1.03 bits per heavy atom. The van der Waals surface area contributed by atoms with Crippen LogP contribution >= 0.6 is 11.3 Å². The second-order valence-corrected chi connectivity index (χ2v) is 9.80. The normalized spacial score (nSPS) is 15.1. The number of aromatic nitrogens is 3. The molecule has 0 spiro atoms. The van der Waals surface area contributed by atoms with E-state index < -0.39 is 0 Å². The number of methoxy groups -OCH3 is 2. The summed E-state index contributed by atoms with van der Waals surface area (Å²) in [7, 11) is 3.22. The van der Waals surface area contributed by atoms with Gasteiger partial charge in [0.25, 0.3) is 5.91 Å². The summed E-state index contributed by atoms with van der Waals surface area (Å²) in [6.45, 7) is 0.0791. The highest BCUT2D eigenvalue weighted by Gasteiger charge is 2.34. The van der Waals surface area contributed by atoms with Gasteiger partial charge in [0.2, 0.25) is 0 Å². The Bertz CT molecular complexity index is 1630. The SMILES string of the molecule is COc1ccc(C2CC(c3cccs3)=NN2C(=O)Cn2c(-c3cccnc3)nc3ccccc32)cc1OC. The van der Waals surface area contributed by atoms with E-state index in [2.05, 4.69) is 4.98 Å². The zero-order valence-corrected chi connectivity index (χ0v) is 21.8. The third-order valence-corrected chi connectivity index (χ3v) is 7.55. The number of rotatable bonds is 7. The summed E-state index contributed by atoms with van der Waals surface area (Å²) in [5.41, 5.74) is 4.35. The molecule has 38 heavy (non-hydrogen) atoms. The van der Waals surface area contributed by atoms with Gasteiger partial charge in [0.05, 0.1) is 41.9 Å². The maximum Gasteiger partial charge on any atom is 0.263 e. The topological polar surface area (TPSA) is 81.8 Å². The Labute approximate surface area is 223 Å². The highest BCUT2D eigenvalue weighted by Crippen LogP contribution is 2.38. The van der Waals surface area contributed by atoms with Gasteiger partial charge in [-0.2, -0.15) is 5.10 Å². The van der Waals surface area contributed by atoms with Crippen molar-refractivity contribution in [3.05, 3.63) is 94.9 Å². The van der Waals surface area contributed by atoms with E-state index in [4.69, 9.17) is 19.6 Å². The molecule has 2 aromatic carbocycles. The summed E-state index contributed by atoms with van der Waals surface area (Å²) in [5, 5.41) is 8.47. The number of pyridine rings is 1. The van der Waals surface area contributed by atoms with Gasteiger partial charge in [-0.1, -0.05) is 24.3 Å². The van der Waals surface area contributed by atoms with Gasteiger partial charge in [-0.15, -0.1) is 11.3 Å². The van der Waals surface area contributed by atoms with Crippen molar-refractivity contribution in [2.24, 2.45) is 5.10 Å². The lowest BCUT2D eigenvalue weighted by Crippen LogP contribution is -2.30. The smallest absolute Gasteiger partial charge is 0.263 e. The van der Waals surface area contributed by atoms with E-state index in [1.54, 1.807) is 43.0 Å². The lowest BCUT2D eigenvalue weighted by molar-refractivity contribution is -0.133. The molecule has 0 bridgehead atoms. The molecule has 8 nitrogen and oxygen atoms in total. The lowest BCUT2D eigenvalue weighted by atomic mass is 10.0. The van der Waals surface area contributed by atoms with Gasteiger partial charge >= 0.3 is 0 Å². The molecule has 0 fully saturated rings. The molecule has 9 heteroatoms. The van der Waals surface area contributed by atoms with Crippen molar-refractivity contribution in [2.45, 2.75) is 19.0 Å². The van der Waals surface area contributed by atoms with Crippen molar-refractivity contribution in [2.75, 3.05) is 14.2 Å². The predicted molar refractivity (Wildman–Crippen MR) is 148 cm³/mol. The number of fused-ring (bicyclic) bond motifs is 1. The Morgan fingerprint density at radius 3 is 2.66 bits per heavy atom. The van der Waals surface area contributed by atoms with Crippen LogP contribution < -0.4 is 9.47 Å². The number of hydrogen-bond acceptors (Lipinski definition) is 7. The molecule has 0 radical (unpaired) electrons. The Morgan fingerprint density at radius 2 is 1.89 bits per heavy atom. The molecule has 6 rings (SSSR count). The number of imidazole rings is 1. The van der Waals surface area contributed by atoms with Crippen molar-refractivity contribution in [1.82, 2.24) is 19.5 Å². The second-order valence-electron chi connectivity index (χ2n) is 8.85. The number of ether oxygens (including phenoxy) is 2. The zero-order chi connectivity index (χ0) is 26.1. The quantitative estimate of drug-likeness (QED) is 0.279. The molecule has 1 unspecified atom stereocenters. The van der Waals surface area contributed by atoms with E-state index in [0.29, 0.717) is 23.7 Å². The fourth-order valence-electron chi connectivity index (χ4n) is 4.81. The molecule has 3 aromatic heterocycles. The number of thiophene rings is 1. The van der Waals surface area contributed by atoms with Gasteiger partial charge in [-0.3, -0.25) is 9.78 Å². The number of carbonyl (C=O) groups is 1. The first kappa shape index (κ1) is 23.9. The summed E-state index contributed by atoms with van der Waals surface area (Å²) in [4.78, 5) is 24.2. The van der Waals surface area contributed by atoms with Crippen LogP contribution in [0.2, 0.25) is 0 Å². The van der Waals surface area contributed by atoms with E-state index in [1.165, 1.54) is 0 Å². The summed E-state index contributed by atoms with van der Waals surface area (Å²) >= 11 is 1.62. The molecule has 1 amide bonds. The summed E-state index contributed by atoms with van der Waals surface area (Å²) < 4.78 is 12.9. The molecule has 5 aromatic rings. The molecule has 4 heterocycles. The summed E-state index contributed by atoms with van der Waals surface area (Å²) in [6, 6.07) is 21.1. The lowest BCUT2D eigenvalue weighted by Gasteiger charge is -2.23. The third-order valence-electron chi connectivity index (χ3n) is 6.63. The number of hydrogen-bond donors (Lipinski definition) is 0. The van der Waals surface area contributed by atoms with Gasteiger partial charge in [0, 0.05) is 24.4 Å². The predicted octanol–water partition coefficient (Wildman–Crippen LogP) is 5.55. The molecule has 190 valence electrons. The standard InChI is InChI=1S/C29H25N5O3S/c1-36-25-12-11-19(15-26(25)37-2)24-16-22(27-10-6-14-38-27)32-34(24)28(35)18-33-23-9-4-3-8-21(23)31-29(33)20-7-5-13-30-17-20/h3-15,17,24H,16,18H2,1-2H3. The maximum absolute atomic E-state index is 14.0. The zero-order valence-electron chi connectivity index (χ0n) is 20.9. The maximum atomic E-state index is 14.0. The van der Waals surface area contributed by atoms with E-state index >= 15 is 0 Å². The summed E-state index contributed by atoms with van der Waals surface area (Å²) in [6.07, 6.45) is 4.08. The van der Waals surface area contributed by atoms with Crippen LogP contribution in [0.3, 0.4) is 0 Å². The van der Waals surface area contributed by atoms with Crippen molar-refractivity contribution in [3.8, 4) is 22.9 Å². The first-order valence-electron chi connectivity index (χ1n) is 12.2. The minimum absolute atomic E-state index is 0.0791. The van der Waals surface area contributed by atoms with E-state index in [-0.39, 0.29) is 18.5 Å². The number of hydrazone groups is 1. The van der Waals surface area contributed by atoms with E-state index in [1.807, 2.05) is 76.7 Å². The highest BCUT2D eigenvalue weighted by atomic mass is 32.1. The number of carbonyl (C=O) groups excluding carboxylic acids is 1. The van der Waals surface area contributed by atoms with Crippen LogP contribution in [0.5, 0.6) is 11.5 Å². The first-order valence-corrected chi connectivity index (χ1v) is 13.0. The molecular weight excluding hydrogens is 498 g/mol. The first-order chi connectivity index (χ1) is 18.7. The fourth-order valence-corrected chi connectivity index (χ4v) is 5.53. The van der Waals surface area contributed by atoms with E-state index in [9.17, 15) is 4.79 Å². The monoisotopic (exact) mass is 523 g/mol. The number of para-hydroxylation sites is 2. The largest absolute Gasteiger partial charge is 0.493 e. The Hall–Kier alpha value is -4.50. The van der Waals surface area contributed by atoms with Gasteiger partial charge in [-0.25, -0.2) is 9.99 Å². The van der Waals surface area contributed by atoms with Crippen molar-refractivity contribution >= 4 is 34.0 Å². The van der Waals surface area contributed by atoms with Crippen LogP contribution in [-0.4, -0.2) is 45.4 Å². The minimum Gasteiger partial charge on any atom is -0.493 e. The highest BCUT2D eigenvalue weighted by molar-refractivity contribution is 7.12. The minimum atomic E-state index is -0.281. The van der Waals surface area contributed by atoms with Crippen LogP contribution in [-0.2, 0) is 11.3 Å². The molecular formula is C29H25N5O3S. The van der Waals surface area contributed by atoms with E-state index in [0.717, 1.165) is 32.7 Å². The number of benzene rings is 2. The van der Waals surface area contributed by atoms with Gasteiger partial charge < -0.3 is 14.0 Å². The summed E-state index contributed by atoms with van der Waals surface area (Å²) in [5.74, 6) is 1.81. The molecule has 0 N–H and O–H groups in total. The van der Waals surface area contributed by atoms with Crippen LogP contribution in [0.1, 0.15) is 22.9 Å². The molecule has 1 aliphatic rings. The van der Waals surface area contributed by atoms with Crippen molar-refractivity contribution in [1.29, 1.82) is 0 Å². The molecule has 0 saturated heterocycles. The van der Waals surface area contributed by atoms with Crippen LogP contribution in [0.4, 0.5) is 0 Å². The van der Waals surface area contributed by atoms with Crippen LogP contribution in [0.15, 0.2) is 89.6 Å². The number of nitrogens with zero attached hydrogens (tertiary/aromatic N) is 5. The van der Waals surface area contributed by atoms with Crippen molar-refractivity contribution < 1.29 is 14.3 Å². The molecule has 1 aliphatic heterocycles. The number of amides is 1.